The van der Waals surface area contributed by atoms with E-state index in [9.17, 15) is 4.39 Å². The highest BCUT2D eigenvalue weighted by Gasteiger charge is 2.33. The van der Waals surface area contributed by atoms with Gasteiger partial charge in [0.05, 0.1) is 7.11 Å². The number of methoxy groups -OCH3 is 1. The maximum atomic E-state index is 13.8. The number of piperazine rings is 1. The summed E-state index contributed by atoms with van der Waals surface area (Å²) in [6.07, 6.45) is 5.08. The Labute approximate surface area is 138 Å². The predicted octanol–water partition coefficient (Wildman–Crippen LogP) is 3.39. The smallest absolute Gasteiger partial charge is 0.123 e. The second-order valence-electron chi connectivity index (χ2n) is 6.16. The van der Waals surface area contributed by atoms with Gasteiger partial charge in [-0.25, -0.2) is 4.39 Å². The minimum Gasteiger partial charge on any atom is -0.496 e. The molecule has 1 atom stereocenters. The summed E-state index contributed by atoms with van der Waals surface area (Å²) in [6.45, 7) is 4.09. The van der Waals surface area contributed by atoms with Gasteiger partial charge in [-0.05, 0) is 37.0 Å². The molecule has 1 aromatic rings. The van der Waals surface area contributed by atoms with E-state index in [-0.39, 0.29) is 18.2 Å². The van der Waals surface area contributed by atoms with Gasteiger partial charge in [-0.1, -0.05) is 12.8 Å². The summed E-state index contributed by atoms with van der Waals surface area (Å²) in [4.78, 5) is 2.52. The molecule has 1 saturated carbocycles. The Morgan fingerprint density at radius 3 is 2.55 bits per heavy atom. The minimum atomic E-state index is -0.163. The molecule has 1 heterocycles. The topological polar surface area (TPSA) is 24.5 Å². The maximum Gasteiger partial charge on any atom is 0.123 e. The lowest BCUT2D eigenvalue weighted by Crippen LogP contribution is -2.46. The summed E-state index contributed by atoms with van der Waals surface area (Å²) in [5.41, 5.74) is 1.03. The van der Waals surface area contributed by atoms with Crippen LogP contribution in [0.3, 0.4) is 0 Å². The standard InChI is InChI=1S/C17H25FN2O.ClH/c1-21-16-7-6-14(18)12-15(16)17(13-4-2-3-5-13)20-10-8-19-9-11-20;/h6-7,12-13,17,19H,2-5,8-11H2,1H3;1H/t17-;/m1./s1. The molecule has 1 aromatic carbocycles. The minimum absolute atomic E-state index is 0. The van der Waals surface area contributed by atoms with E-state index in [1.54, 1.807) is 19.2 Å². The fourth-order valence-electron chi connectivity index (χ4n) is 3.92. The summed E-state index contributed by atoms with van der Waals surface area (Å²) < 4.78 is 19.3. The fraction of sp³-hybridized carbons (Fsp3) is 0.647. The molecule has 1 saturated heterocycles. The van der Waals surface area contributed by atoms with Gasteiger partial charge in [0.15, 0.2) is 0 Å². The van der Waals surface area contributed by atoms with Crippen molar-refractivity contribution in [3.63, 3.8) is 0 Å². The first-order chi connectivity index (χ1) is 10.3. The number of hydrogen-bond donors (Lipinski definition) is 1. The molecule has 0 amide bonds. The highest BCUT2D eigenvalue weighted by molar-refractivity contribution is 5.85. The molecular weight excluding hydrogens is 303 g/mol. The average molecular weight is 329 g/mol. The third-order valence-electron chi connectivity index (χ3n) is 4.90. The molecule has 0 radical (unpaired) electrons. The first-order valence-electron chi connectivity index (χ1n) is 8.08. The van der Waals surface area contributed by atoms with Gasteiger partial charge in [0.25, 0.3) is 0 Å². The third kappa shape index (κ3) is 3.73. The molecule has 124 valence electrons. The zero-order chi connectivity index (χ0) is 14.7. The Bertz CT molecular complexity index is 474. The highest BCUT2D eigenvalue weighted by atomic mass is 35.5. The molecule has 0 unspecified atom stereocenters. The quantitative estimate of drug-likeness (QED) is 0.917. The van der Waals surface area contributed by atoms with E-state index in [2.05, 4.69) is 10.2 Å². The van der Waals surface area contributed by atoms with Crippen LogP contribution in [0.4, 0.5) is 4.39 Å². The molecule has 1 aliphatic heterocycles. The number of nitrogens with zero attached hydrogens (tertiary/aromatic N) is 1. The van der Waals surface area contributed by atoms with E-state index >= 15 is 0 Å². The van der Waals surface area contributed by atoms with Crippen LogP contribution < -0.4 is 10.1 Å². The predicted molar refractivity (Wildman–Crippen MR) is 89.3 cm³/mol. The van der Waals surface area contributed by atoms with E-state index in [1.807, 2.05) is 0 Å². The molecule has 1 aliphatic carbocycles. The Hall–Kier alpha value is -0.840. The van der Waals surface area contributed by atoms with Crippen LogP contribution in [-0.4, -0.2) is 38.2 Å². The van der Waals surface area contributed by atoms with Crippen LogP contribution in [0.25, 0.3) is 0 Å². The summed E-state index contributed by atoms with van der Waals surface area (Å²) >= 11 is 0. The van der Waals surface area contributed by atoms with Crippen LogP contribution in [-0.2, 0) is 0 Å². The lowest BCUT2D eigenvalue weighted by atomic mass is 9.89. The van der Waals surface area contributed by atoms with E-state index in [0.717, 1.165) is 37.5 Å². The molecule has 3 rings (SSSR count). The molecule has 3 nitrogen and oxygen atoms in total. The second kappa shape index (κ2) is 8.14. The van der Waals surface area contributed by atoms with E-state index in [1.165, 1.54) is 31.7 Å². The van der Waals surface area contributed by atoms with Crippen molar-refractivity contribution < 1.29 is 9.13 Å². The summed E-state index contributed by atoms with van der Waals surface area (Å²) in [5, 5.41) is 3.40. The molecule has 0 spiro atoms. The number of ether oxygens (including phenoxy) is 1. The first-order valence-corrected chi connectivity index (χ1v) is 8.08. The van der Waals surface area contributed by atoms with E-state index in [4.69, 9.17) is 4.74 Å². The lowest BCUT2D eigenvalue weighted by Gasteiger charge is -2.39. The Kier molecular flexibility index (Phi) is 6.48. The third-order valence-corrected chi connectivity index (χ3v) is 4.90. The van der Waals surface area contributed by atoms with Crippen LogP contribution in [0.15, 0.2) is 18.2 Å². The lowest BCUT2D eigenvalue weighted by molar-refractivity contribution is 0.123. The van der Waals surface area contributed by atoms with Gasteiger partial charge < -0.3 is 10.1 Å². The van der Waals surface area contributed by atoms with Crippen LogP contribution >= 0.6 is 12.4 Å². The van der Waals surface area contributed by atoms with Gasteiger partial charge in [-0.15, -0.1) is 12.4 Å². The van der Waals surface area contributed by atoms with Gasteiger partial charge >= 0.3 is 0 Å². The highest BCUT2D eigenvalue weighted by Crippen LogP contribution is 2.42. The second-order valence-corrected chi connectivity index (χ2v) is 6.16. The van der Waals surface area contributed by atoms with Crippen molar-refractivity contribution in [1.29, 1.82) is 0 Å². The SMILES string of the molecule is COc1ccc(F)cc1[C@@H](C1CCCC1)N1CCNCC1.Cl. The normalized spacial score (nSPS) is 21.4. The van der Waals surface area contributed by atoms with E-state index < -0.39 is 0 Å². The van der Waals surface area contributed by atoms with Gasteiger partial charge in [-0.3, -0.25) is 4.90 Å². The molecule has 5 heteroatoms. The van der Waals surface area contributed by atoms with Crippen LogP contribution in [0.5, 0.6) is 5.75 Å². The molecule has 2 aliphatic rings. The summed E-state index contributed by atoms with van der Waals surface area (Å²) in [7, 11) is 1.68. The number of benzene rings is 1. The molecule has 22 heavy (non-hydrogen) atoms. The molecule has 0 aromatic heterocycles. The Balaban J connectivity index is 0.00000176. The van der Waals surface area contributed by atoms with Crippen LogP contribution in [0.2, 0.25) is 0 Å². The van der Waals surface area contributed by atoms with Gasteiger partial charge in [0.2, 0.25) is 0 Å². The van der Waals surface area contributed by atoms with Crippen molar-refractivity contribution in [3.8, 4) is 5.75 Å². The van der Waals surface area contributed by atoms with Gasteiger partial charge in [0.1, 0.15) is 11.6 Å². The van der Waals surface area contributed by atoms with E-state index in [0.29, 0.717) is 12.0 Å². The van der Waals surface area contributed by atoms with Crippen molar-refractivity contribution in [2.45, 2.75) is 31.7 Å². The van der Waals surface area contributed by atoms with Crippen molar-refractivity contribution in [2.75, 3.05) is 33.3 Å². The van der Waals surface area contributed by atoms with Gasteiger partial charge in [-0.2, -0.15) is 0 Å². The van der Waals surface area contributed by atoms with Crippen molar-refractivity contribution in [2.24, 2.45) is 5.92 Å². The fourth-order valence-corrected chi connectivity index (χ4v) is 3.92. The summed E-state index contributed by atoms with van der Waals surface area (Å²) in [6, 6.07) is 5.24. The number of rotatable bonds is 4. The zero-order valence-corrected chi connectivity index (χ0v) is 14.0. The average Bonchev–Trinajstić information content (AvgIpc) is 3.03. The van der Waals surface area contributed by atoms with Crippen molar-refractivity contribution in [3.05, 3.63) is 29.6 Å². The van der Waals surface area contributed by atoms with Crippen molar-refractivity contribution >= 4 is 12.4 Å². The number of nitrogens with one attached hydrogen (secondary N) is 1. The first kappa shape index (κ1) is 17.5. The maximum absolute atomic E-state index is 13.8. The van der Waals surface area contributed by atoms with Gasteiger partial charge in [0, 0.05) is 37.8 Å². The molecule has 2 fully saturated rings. The summed E-state index contributed by atoms with van der Waals surface area (Å²) in [5.74, 6) is 1.29. The van der Waals surface area contributed by atoms with Crippen LogP contribution in [0, 0.1) is 11.7 Å². The Morgan fingerprint density at radius 1 is 1.23 bits per heavy atom. The number of halogens is 2. The largest absolute Gasteiger partial charge is 0.496 e. The monoisotopic (exact) mass is 328 g/mol. The molecule has 0 bridgehead atoms. The zero-order valence-electron chi connectivity index (χ0n) is 13.2. The number of hydrogen-bond acceptors (Lipinski definition) is 3. The molecular formula is C17H26ClFN2O. The molecule has 1 N–H and O–H groups in total. The van der Waals surface area contributed by atoms with Crippen LogP contribution in [0.1, 0.15) is 37.3 Å². The van der Waals surface area contributed by atoms with Crippen molar-refractivity contribution in [1.82, 2.24) is 10.2 Å². The Morgan fingerprint density at radius 2 is 1.91 bits per heavy atom.